The van der Waals surface area contributed by atoms with Gasteiger partial charge in [-0.1, -0.05) is 30.7 Å². The number of aliphatic hydroxyl groups is 1. The van der Waals surface area contributed by atoms with Crippen molar-refractivity contribution >= 4 is 21.6 Å². The van der Waals surface area contributed by atoms with Gasteiger partial charge >= 0.3 is 0 Å². The van der Waals surface area contributed by atoms with Gasteiger partial charge in [-0.05, 0) is 37.1 Å². The molecule has 0 amide bonds. The van der Waals surface area contributed by atoms with E-state index in [1.807, 2.05) is 0 Å². The van der Waals surface area contributed by atoms with Gasteiger partial charge in [-0.25, -0.2) is 8.42 Å². The van der Waals surface area contributed by atoms with E-state index in [1.54, 1.807) is 26.8 Å². The highest BCUT2D eigenvalue weighted by atomic mass is 35.5. The summed E-state index contributed by atoms with van der Waals surface area (Å²) in [6.45, 7) is 9.33. The first kappa shape index (κ1) is 17.2. The van der Waals surface area contributed by atoms with Crippen molar-refractivity contribution in [3.05, 3.63) is 40.4 Å². The molecule has 4 nitrogen and oxygen atoms in total. The number of hydrogen-bond donors (Lipinski definition) is 1. The molecule has 0 radical (unpaired) electrons. The van der Waals surface area contributed by atoms with E-state index in [0.29, 0.717) is 22.7 Å². The molecule has 6 heteroatoms. The van der Waals surface area contributed by atoms with Crippen LogP contribution in [0.5, 0.6) is 0 Å². The Morgan fingerprint density at radius 2 is 2.05 bits per heavy atom. The zero-order valence-electron chi connectivity index (χ0n) is 12.0. The van der Waals surface area contributed by atoms with Crippen molar-refractivity contribution in [1.29, 1.82) is 0 Å². The van der Waals surface area contributed by atoms with Crippen LogP contribution >= 0.6 is 11.6 Å². The first-order valence-electron chi connectivity index (χ1n) is 6.28. The molecule has 0 aliphatic heterocycles. The fourth-order valence-corrected chi connectivity index (χ4v) is 4.06. The number of hydrogen-bond acceptors (Lipinski definition) is 3. The lowest BCUT2D eigenvalue weighted by atomic mass is 10.1. The van der Waals surface area contributed by atoms with Gasteiger partial charge in [0.25, 0.3) is 0 Å². The average Bonchev–Trinajstić information content (AvgIpc) is 2.37. The Kier molecular flexibility index (Phi) is 5.77. The largest absolute Gasteiger partial charge is 0.392 e. The second kappa shape index (κ2) is 6.72. The standard InChI is InChI=1S/C14H20ClNO3S/c1-5-16(8-10(2)3)20(18,19)14-7-13(15)6-12(9-17)11(14)4/h6-7,17H,2,5,8-9H2,1,3-4H3. The van der Waals surface area contributed by atoms with Crippen LogP contribution < -0.4 is 0 Å². The second-order valence-electron chi connectivity index (χ2n) is 4.73. The molecule has 0 unspecified atom stereocenters. The molecular formula is C14H20ClNO3S. The first-order chi connectivity index (χ1) is 9.23. The molecule has 1 rings (SSSR count). The molecule has 1 aromatic rings. The van der Waals surface area contributed by atoms with Crippen molar-refractivity contribution in [3.63, 3.8) is 0 Å². The third-order valence-electron chi connectivity index (χ3n) is 3.02. The molecule has 0 saturated heterocycles. The van der Waals surface area contributed by atoms with E-state index in [-0.39, 0.29) is 18.0 Å². The van der Waals surface area contributed by atoms with Gasteiger partial charge in [0.1, 0.15) is 0 Å². The van der Waals surface area contributed by atoms with E-state index in [4.69, 9.17) is 11.6 Å². The van der Waals surface area contributed by atoms with Crippen LogP contribution in [-0.2, 0) is 16.6 Å². The molecular weight excluding hydrogens is 298 g/mol. The summed E-state index contributed by atoms with van der Waals surface area (Å²) in [4.78, 5) is 0.136. The average molecular weight is 318 g/mol. The van der Waals surface area contributed by atoms with Gasteiger partial charge in [-0.2, -0.15) is 4.31 Å². The molecule has 0 aliphatic rings. The zero-order chi connectivity index (χ0) is 15.5. The van der Waals surface area contributed by atoms with Crippen molar-refractivity contribution in [2.75, 3.05) is 13.1 Å². The molecule has 0 spiro atoms. The summed E-state index contributed by atoms with van der Waals surface area (Å²) in [6.07, 6.45) is 0. The van der Waals surface area contributed by atoms with Crippen LogP contribution in [-0.4, -0.2) is 30.9 Å². The molecule has 112 valence electrons. The smallest absolute Gasteiger partial charge is 0.243 e. The molecule has 0 aromatic heterocycles. The Labute approximate surface area is 125 Å². The minimum atomic E-state index is -3.66. The summed E-state index contributed by atoms with van der Waals surface area (Å²) < 4.78 is 26.7. The van der Waals surface area contributed by atoms with Gasteiger partial charge < -0.3 is 5.11 Å². The number of aliphatic hydroxyl groups excluding tert-OH is 1. The van der Waals surface area contributed by atoms with Gasteiger partial charge in [0.2, 0.25) is 10.0 Å². The van der Waals surface area contributed by atoms with E-state index in [1.165, 1.54) is 10.4 Å². The highest BCUT2D eigenvalue weighted by Crippen LogP contribution is 2.27. The van der Waals surface area contributed by atoms with E-state index in [0.717, 1.165) is 5.57 Å². The van der Waals surface area contributed by atoms with Crippen LogP contribution in [0.4, 0.5) is 0 Å². The number of benzene rings is 1. The molecule has 0 saturated carbocycles. The SMILES string of the molecule is C=C(C)CN(CC)S(=O)(=O)c1cc(Cl)cc(CO)c1C. The predicted molar refractivity (Wildman–Crippen MR) is 81.4 cm³/mol. The topological polar surface area (TPSA) is 57.6 Å². The van der Waals surface area contributed by atoms with Crippen LogP contribution in [0.25, 0.3) is 0 Å². The number of halogens is 1. The summed E-state index contributed by atoms with van der Waals surface area (Å²) in [5.41, 5.74) is 1.80. The first-order valence-corrected chi connectivity index (χ1v) is 8.10. The molecule has 1 N–H and O–H groups in total. The predicted octanol–water partition coefficient (Wildman–Crippen LogP) is 2.73. The second-order valence-corrected chi connectivity index (χ2v) is 7.08. The summed E-state index contributed by atoms with van der Waals surface area (Å²) in [5.74, 6) is 0. The van der Waals surface area contributed by atoms with E-state index in [9.17, 15) is 13.5 Å². The number of likely N-dealkylation sites (N-methyl/N-ethyl adjacent to an activating group) is 1. The Hall–Kier alpha value is -0.880. The summed E-state index contributed by atoms with van der Waals surface area (Å²) in [5, 5.41) is 9.59. The van der Waals surface area contributed by atoms with Crippen LogP contribution in [0.2, 0.25) is 5.02 Å². The van der Waals surface area contributed by atoms with Gasteiger partial charge in [0, 0.05) is 18.1 Å². The Morgan fingerprint density at radius 1 is 1.45 bits per heavy atom. The Balaban J connectivity index is 3.41. The van der Waals surface area contributed by atoms with Crippen LogP contribution in [0.1, 0.15) is 25.0 Å². The van der Waals surface area contributed by atoms with E-state index < -0.39 is 10.0 Å². The quantitative estimate of drug-likeness (QED) is 0.821. The van der Waals surface area contributed by atoms with Crippen molar-refractivity contribution in [1.82, 2.24) is 4.31 Å². The fourth-order valence-electron chi connectivity index (χ4n) is 1.95. The summed E-state index contributed by atoms with van der Waals surface area (Å²) >= 11 is 5.95. The van der Waals surface area contributed by atoms with Gasteiger partial charge in [-0.15, -0.1) is 0 Å². The van der Waals surface area contributed by atoms with Crippen LogP contribution in [0.15, 0.2) is 29.2 Å². The van der Waals surface area contributed by atoms with E-state index >= 15 is 0 Å². The fraction of sp³-hybridized carbons (Fsp3) is 0.429. The maximum absolute atomic E-state index is 12.7. The van der Waals surface area contributed by atoms with Gasteiger partial charge in [0.15, 0.2) is 0 Å². The van der Waals surface area contributed by atoms with E-state index in [2.05, 4.69) is 6.58 Å². The lowest BCUT2D eigenvalue weighted by molar-refractivity contribution is 0.280. The lowest BCUT2D eigenvalue weighted by Crippen LogP contribution is -2.32. The Morgan fingerprint density at radius 3 is 2.50 bits per heavy atom. The maximum atomic E-state index is 12.7. The summed E-state index contributed by atoms with van der Waals surface area (Å²) in [7, 11) is -3.66. The monoisotopic (exact) mass is 317 g/mol. The lowest BCUT2D eigenvalue weighted by Gasteiger charge is -2.22. The molecule has 20 heavy (non-hydrogen) atoms. The number of rotatable bonds is 6. The van der Waals surface area contributed by atoms with Crippen molar-refractivity contribution in [2.45, 2.75) is 32.3 Å². The molecule has 0 aliphatic carbocycles. The molecule has 1 aromatic carbocycles. The molecule has 0 atom stereocenters. The third kappa shape index (κ3) is 3.61. The maximum Gasteiger partial charge on any atom is 0.243 e. The minimum Gasteiger partial charge on any atom is -0.392 e. The number of sulfonamides is 1. The van der Waals surface area contributed by atoms with Crippen molar-refractivity contribution in [3.8, 4) is 0 Å². The summed E-state index contributed by atoms with van der Waals surface area (Å²) in [6, 6.07) is 3.00. The zero-order valence-corrected chi connectivity index (χ0v) is 13.6. The van der Waals surface area contributed by atoms with Crippen LogP contribution in [0, 0.1) is 6.92 Å². The van der Waals surface area contributed by atoms with Gasteiger partial charge in [-0.3, -0.25) is 0 Å². The van der Waals surface area contributed by atoms with Crippen molar-refractivity contribution < 1.29 is 13.5 Å². The number of nitrogens with zero attached hydrogens (tertiary/aromatic N) is 1. The normalized spacial score (nSPS) is 11.9. The van der Waals surface area contributed by atoms with Crippen molar-refractivity contribution in [2.24, 2.45) is 0 Å². The highest BCUT2D eigenvalue weighted by Gasteiger charge is 2.26. The molecule has 0 fully saturated rings. The third-order valence-corrected chi connectivity index (χ3v) is 5.28. The minimum absolute atomic E-state index is 0.136. The van der Waals surface area contributed by atoms with Gasteiger partial charge in [0.05, 0.1) is 11.5 Å². The highest BCUT2D eigenvalue weighted by molar-refractivity contribution is 7.89. The van der Waals surface area contributed by atoms with Crippen LogP contribution in [0.3, 0.4) is 0 Å². The molecule has 0 bridgehead atoms. The Bertz CT molecular complexity index is 611. The molecule has 0 heterocycles.